The van der Waals surface area contributed by atoms with Crippen molar-refractivity contribution in [3.8, 4) is 0 Å². The molecule has 1 aromatic carbocycles. The maximum atomic E-state index is 13.3. The van der Waals surface area contributed by atoms with Crippen molar-refractivity contribution in [2.75, 3.05) is 44.4 Å². The predicted molar refractivity (Wildman–Crippen MR) is 122 cm³/mol. The minimum absolute atomic E-state index is 0.0568. The highest BCUT2D eigenvalue weighted by molar-refractivity contribution is 7.96. The standard InChI is InChI=1S/C22H29N3O5S2/c1-17-4-6-19(7-5-17)32(28,29)22-16-31(26,27)15-20(22)24-14-21(18-3-2-8-23-13-18)25-9-11-30-12-10-25/h2-8,13,20-22,24H,9-12,14-16H2,1H3/t20-,21?,22-/m0/s1. The Morgan fingerprint density at radius 1 is 1.16 bits per heavy atom. The van der Waals surface area contributed by atoms with Gasteiger partial charge in [0.15, 0.2) is 19.7 Å². The number of aromatic nitrogens is 1. The molecule has 0 aliphatic carbocycles. The van der Waals surface area contributed by atoms with E-state index in [2.05, 4.69) is 15.2 Å². The highest BCUT2D eigenvalue weighted by Crippen LogP contribution is 2.27. The lowest BCUT2D eigenvalue weighted by Gasteiger charge is -2.35. The minimum Gasteiger partial charge on any atom is -0.379 e. The van der Waals surface area contributed by atoms with Gasteiger partial charge in [-0.3, -0.25) is 9.88 Å². The van der Waals surface area contributed by atoms with Gasteiger partial charge in [-0.2, -0.15) is 0 Å². The van der Waals surface area contributed by atoms with Crippen molar-refractivity contribution < 1.29 is 21.6 Å². The average molecular weight is 480 g/mol. The molecular weight excluding hydrogens is 450 g/mol. The number of hydrogen-bond donors (Lipinski definition) is 1. The summed E-state index contributed by atoms with van der Waals surface area (Å²) >= 11 is 0. The van der Waals surface area contributed by atoms with E-state index in [-0.39, 0.29) is 22.4 Å². The van der Waals surface area contributed by atoms with E-state index in [0.29, 0.717) is 19.8 Å². The summed E-state index contributed by atoms with van der Waals surface area (Å²) in [6, 6.07) is 9.70. The number of pyridine rings is 1. The Morgan fingerprint density at radius 2 is 1.88 bits per heavy atom. The monoisotopic (exact) mass is 479 g/mol. The Bertz CT molecular complexity index is 1120. The number of nitrogens with zero attached hydrogens (tertiary/aromatic N) is 2. The Kier molecular flexibility index (Phi) is 6.97. The first-order valence-electron chi connectivity index (χ1n) is 10.7. The zero-order chi connectivity index (χ0) is 22.8. The van der Waals surface area contributed by atoms with Crippen LogP contribution in [0.4, 0.5) is 0 Å². The van der Waals surface area contributed by atoms with Crippen LogP contribution in [0.1, 0.15) is 17.2 Å². The fraction of sp³-hybridized carbons (Fsp3) is 0.500. The second-order valence-electron chi connectivity index (χ2n) is 8.44. The van der Waals surface area contributed by atoms with Crippen LogP contribution in [0, 0.1) is 6.92 Å². The summed E-state index contributed by atoms with van der Waals surface area (Å²) < 4.78 is 57.0. The fourth-order valence-electron chi connectivity index (χ4n) is 4.40. The zero-order valence-corrected chi connectivity index (χ0v) is 19.7. The molecule has 174 valence electrons. The van der Waals surface area contributed by atoms with Gasteiger partial charge in [-0.05, 0) is 30.7 Å². The number of hydrogen-bond acceptors (Lipinski definition) is 8. The van der Waals surface area contributed by atoms with E-state index >= 15 is 0 Å². The molecule has 4 rings (SSSR count). The Hall–Kier alpha value is -1.85. The topological polar surface area (TPSA) is 106 Å². The van der Waals surface area contributed by atoms with Crippen LogP contribution in [0.25, 0.3) is 0 Å². The number of sulfone groups is 2. The molecule has 1 N–H and O–H groups in total. The van der Waals surface area contributed by atoms with Gasteiger partial charge in [-0.15, -0.1) is 0 Å². The largest absolute Gasteiger partial charge is 0.379 e. The SMILES string of the molecule is Cc1ccc(S(=O)(=O)[C@H]2CS(=O)(=O)C[C@@H]2NCC(c2cccnc2)N2CCOCC2)cc1. The van der Waals surface area contributed by atoms with Crippen LogP contribution in [0.15, 0.2) is 53.7 Å². The van der Waals surface area contributed by atoms with Crippen LogP contribution < -0.4 is 5.32 Å². The normalized spacial score (nSPS) is 24.9. The molecule has 32 heavy (non-hydrogen) atoms. The summed E-state index contributed by atoms with van der Waals surface area (Å²) in [4.78, 5) is 6.65. The van der Waals surface area contributed by atoms with Crippen LogP contribution >= 0.6 is 0 Å². The highest BCUT2D eigenvalue weighted by Gasteiger charge is 2.46. The number of nitrogens with one attached hydrogen (secondary N) is 1. The van der Waals surface area contributed by atoms with Gasteiger partial charge in [0.1, 0.15) is 0 Å². The molecule has 0 bridgehead atoms. The molecule has 2 aromatic rings. The Labute approximate surface area is 189 Å². The number of morpholine rings is 1. The number of ether oxygens (including phenoxy) is 1. The third kappa shape index (κ3) is 5.20. The third-order valence-corrected chi connectivity index (χ3v) is 10.3. The van der Waals surface area contributed by atoms with Crippen LogP contribution in [0.5, 0.6) is 0 Å². The zero-order valence-electron chi connectivity index (χ0n) is 18.1. The van der Waals surface area contributed by atoms with Gasteiger partial charge in [0.2, 0.25) is 0 Å². The van der Waals surface area contributed by atoms with Gasteiger partial charge in [0.25, 0.3) is 0 Å². The predicted octanol–water partition coefficient (Wildman–Crippen LogP) is 0.992. The molecule has 0 saturated carbocycles. The van der Waals surface area contributed by atoms with E-state index in [1.54, 1.807) is 36.7 Å². The molecule has 2 aliphatic rings. The average Bonchev–Trinajstić information content (AvgIpc) is 3.11. The lowest BCUT2D eigenvalue weighted by Crippen LogP contribution is -2.48. The molecule has 0 radical (unpaired) electrons. The fourth-order valence-corrected chi connectivity index (χ4v) is 9.11. The molecule has 2 fully saturated rings. The van der Waals surface area contributed by atoms with Crippen molar-refractivity contribution in [1.82, 2.24) is 15.2 Å². The van der Waals surface area contributed by atoms with Crippen molar-refractivity contribution in [3.05, 3.63) is 59.9 Å². The summed E-state index contributed by atoms with van der Waals surface area (Å²) in [7, 11) is -7.27. The number of benzene rings is 1. The summed E-state index contributed by atoms with van der Waals surface area (Å²) in [5.41, 5.74) is 1.95. The van der Waals surface area contributed by atoms with Crippen LogP contribution in [-0.4, -0.2) is 82.4 Å². The van der Waals surface area contributed by atoms with E-state index in [4.69, 9.17) is 4.74 Å². The molecule has 0 amide bonds. The molecule has 1 aromatic heterocycles. The van der Waals surface area contributed by atoms with Gasteiger partial charge in [-0.25, -0.2) is 16.8 Å². The number of rotatable bonds is 7. The summed E-state index contributed by atoms with van der Waals surface area (Å²) in [6.45, 7) is 5.04. The smallest absolute Gasteiger partial charge is 0.183 e. The maximum absolute atomic E-state index is 13.3. The van der Waals surface area contributed by atoms with E-state index in [9.17, 15) is 16.8 Å². The van der Waals surface area contributed by atoms with Crippen molar-refractivity contribution >= 4 is 19.7 Å². The first-order valence-corrected chi connectivity index (χ1v) is 14.1. The van der Waals surface area contributed by atoms with E-state index in [1.807, 2.05) is 19.1 Å². The molecule has 0 spiro atoms. The van der Waals surface area contributed by atoms with E-state index < -0.39 is 31.0 Å². The first-order chi connectivity index (χ1) is 15.3. The van der Waals surface area contributed by atoms with Gasteiger partial charge in [-0.1, -0.05) is 23.8 Å². The lowest BCUT2D eigenvalue weighted by molar-refractivity contribution is 0.0157. The molecule has 1 unspecified atom stereocenters. The van der Waals surface area contributed by atoms with Crippen LogP contribution in [0.3, 0.4) is 0 Å². The molecular formula is C22H29N3O5S2. The highest BCUT2D eigenvalue weighted by atomic mass is 32.2. The molecule has 8 nitrogen and oxygen atoms in total. The summed E-state index contributed by atoms with van der Waals surface area (Å²) in [5.74, 6) is -0.554. The number of aryl methyl sites for hydroxylation is 1. The van der Waals surface area contributed by atoms with E-state index in [0.717, 1.165) is 24.2 Å². The molecule has 2 aliphatic heterocycles. The van der Waals surface area contributed by atoms with Crippen molar-refractivity contribution in [1.29, 1.82) is 0 Å². The second kappa shape index (κ2) is 9.56. The van der Waals surface area contributed by atoms with Crippen molar-refractivity contribution in [2.24, 2.45) is 0 Å². The molecule has 3 atom stereocenters. The van der Waals surface area contributed by atoms with Gasteiger partial charge >= 0.3 is 0 Å². The van der Waals surface area contributed by atoms with E-state index in [1.165, 1.54) is 0 Å². The third-order valence-electron chi connectivity index (χ3n) is 6.18. The molecule has 2 saturated heterocycles. The molecule has 10 heteroatoms. The molecule has 3 heterocycles. The Balaban J connectivity index is 1.57. The van der Waals surface area contributed by atoms with Gasteiger partial charge in [0.05, 0.1) is 34.9 Å². The van der Waals surface area contributed by atoms with Crippen molar-refractivity contribution in [3.63, 3.8) is 0 Å². The van der Waals surface area contributed by atoms with Crippen molar-refractivity contribution in [2.45, 2.75) is 29.2 Å². The maximum Gasteiger partial charge on any atom is 0.183 e. The minimum atomic E-state index is -3.80. The van der Waals surface area contributed by atoms with Gasteiger partial charge in [0, 0.05) is 44.1 Å². The first kappa shape index (κ1) is 23.3. The summed E-state index contributed by atoms with van der Waals surface area (Å²) in [5, 5.41) is 2.28. The van der Waals surface area contributed by atoms with Crippen LogP contribution in [-0.2, 0) is 24.4 Å². The second-order valence-corrected chi connectivity index (χ2v) is 12.8. The van der Waals surface area contributed by atoms with Gasteiger partial charge < -0.3 is 10.1 Å². The van der Waals surface area contributed by atoms with Crippen LogP contribution in [0.2, 0.25) is 0 Å². The quantitative estimate of drug-likeness (QED) is 0.627. The lowest BCUT2D eigenvalue weighted by atomic mass is 10.1. The Morgan fingerprint density at radius 3 is 2.53 bits per heavy atom. The summed E-state index contributed by atoms with van der Waals surface area (Å²) in [6.07, 6.45) is 3.51.